The van der Waals surface area contributed by atoms with E-state index in [4.69, 9.17) is 5.73 Å². The van der Waals surface area contributed by atoms with Gasteiger partial charge in [0.1, 0.15) is 11.9 Å². The van der Waals surface area contributed by atoms with E-state index in [-0.39, 0.29) is 11.7 Å². The maximum atomic E-state index is 13.0. The highest BCUT2D eigenvalue weighted by atomic mass is 19.1. The molecule has 2 aliphatic rings. The van der Waals surface area contributed by atoms with Crippen LogP contribution in [-0.2, 0) is 9.59 Å². The van der Waals surface area contributed by atoms with E-state index in [1.165, 1.54) is 12.1 Å². The predicted octanol–water partition coefficient (Wildman–Crippen LogP) is 0.814. The lowest BCUT2D eigenvalue weighted by atomic mass is 10.0. The number of piperidine rings is 1. The molecule has 0 radical (unpaired) electrons. The Hall–Kier alpha value is -2.15. The van der Waals surface area contributed by atoms with Gasteiger partial charge in [-0.2, -0.15) is 0 Å². The van der Waals surface area contributed by atoms with Crippen molar-refractivity contribution in [3.63, 3.8) is 0 Å². The monoisotopic (exact) mass is 348 g/mol. The first-order valence-electron chi connectivity index (χ1n) is 8.86. The van der Waals surface area contributed by atoms with Crippen LogP contribution in [0.3, 0.4) is 0 Å². The van der Waals surface area contributed by atoms with Crippen LogP contribution in [0.2, 0.25) is 0 Å². The van der Waals surface area contributed by atoms with Crippen molar-refractivity contribution in [2.24, 2.45) is 5.73 Å². The van der Waals surface area contributed by atoms with Crippen LogP contribution in [0, 0.1) is 5.82 Å². The van der Waals surface area contributed by atoms with Gasteiger partial charge in [-0.3, -0.25) is 14.5 Å². The molecule has 0 unspecified atom stereocenters. The van der Waals surface area contributed by atoms with Crippen molar-refractivity contribution in [1.82, 2.24) is 9.80 Å². The van der Waals surface area contributed by atoms with Gasteiger partial charge in [-0.15, -0.1) is 0 Å². The summed E-state index contributed by atoms with van der Waals surface area (Å²) in [6.07, 6.45) is 2.53. The first kappa shape index (κ1) is 17.7. The molecule has 3 rings (SSSR count). The Balaban J connectivity index is 1.52. The number of amides is 2. The quantitative estimate of drug-likeness (QED) is 0.874. The molecule has 2 fully saturated rings. The van der Waals surface area contributed by atoms with Gasteiger partial charge in [0.25, 0.3) is 0 Å². The number of halogens is 1. The molecule has 2 saturated heterocycles. The number of primary amides is 1. The second-order valence-electron chi connectivity index (χ2n) is 6.74. The summed E-state index contributed by atoms with van der Waals surface area (Å²) in [5.41, 5.74) is 6.44. The Kier molecular flexibility index (Phi) is 5.53. The van der Waals surface area contributed by atoms with Crippen molar-refractivity contribution < 1.29 is 14.0 Å². The van der Waals surface area contributed by atoms with E-state index in [0.29, 0.717) is 19.5 Å². The van der Waals surface area contributed by atoms with Gasteiger partial charge in [0, 0.05) is 38.4 Å². The Morgan fingerprint density at radius 3 is 2.36 bits per heavy atom. The number of hydrogen-bond donors (Lipinski definition) is 1. The van der Waals surface area contributed by atoms with Crippen molar-refractivity contribution in [3.05, 3.63) is 30.1 Å². The van der Waals surface area contributed by atoms with E-state index in [0.717, 1.165) is 44.7 Å². The van der Waals surface area contributed by atoms with E-state index < -0.39 is 11.9 Å². The number of anilines is 1. The predicted molar refractivity (Wildman–Crippen MR) is 93.6 cm³/mol. The number of nitrogens with two attached hydrogens (primary N) is 1. The molecule has 2 heterocycles. The lowest BCUT2D eigenvalue weighted by Crippen LogP contribution is -2.55. The molecule has 1 aromatic rings. The first-order valence-corrected chi connectivity index (χ1v) is 8.86. The number of carbonyl (C=O) groups excluding carboxylic acids is 2. The molecule has 1 aromatic carbocycles. The number of carbonyl (C=O) groups is 2. The van der Waals surface area contributed by atoms with Gasteiger partial charge in [-0.05, 0) is 43.5 Å². The molecule has 0 saturated carbocycles. The molecule has 2 amide bonds. The summed E-state index contributed by atoms with van der Waals surface area (Å²) >= 11 is 0. The van der Waals surface area contributed by atoms with E-state index in [1.807, 2.05) is 0 Å². The standard InChI is InChI=1S/C18H25FN4O2/c19-14-4-6-15(7-5-14)22-11-9-21(10-12-22)13-17(24)23-8-2-1-3-16(23)18(20)25/h4-7,16H,1-3,8-13H2,(H2,20,25)/t16-/m0/s1. The van der Waals surface area contributed by atoms with E-state index in [9.17, 15) is 14.0 Å². The van der Waals surface area contributed by atoms with E-state index in [1.54, 1.807) is 17.0 Å². The number of likely N-dealkylation sites (tertiary alicyclic amines) is 1. The number of hydrogen-bond acceptors (Lipinski definition) is 4. The third-order valence-corrected chi connectivity index (χ3v) is 5.07. The summed E-state index contributed by atoms with van der Waals surface area (Å²) < 4.78 is 13.0. The summed E-state index contributed by atoms with van der Waals surface area (Å²) in [6, 6.07) is 6.03. The molecule has 0 aromatic heterocycles. The maximum absolute atomic E-state index is 13.0. The van der Waals surface area contributed by atoms with E-state index >= 15 is 0 Å². The summed E-state index contributed by atoms with van der Waals surface area (Å²) in [5.74, 6) is -0.661. The Bertz CT molecular complexity index is 614. The second kappa shape index (κ2) is 7.82. The van der Waals surface area contributed by atoms with Crippen LogP contribution in [-0.4, -0.2) is 66.9 Å². The van der Waals surface area contributed by atoms with Crippen molar-refractivity contribution in [3.8, 4) is 0 Å². The van der Waals surface area contributed by atoms with Gasteiger partial charge in [0.2, 0.25) is 11.8 Å². The highest BCUT2D eigenvalue weighted by Gasteiger charge is 2.31. The minimum atomic E-state index is -0.457. The summed E-state index contributed by atoms with van der Waals surface area (Å²) in [5, 5.41) is 0. The molecule has 25 heavy (non-hydrogen) atoms. The lowest BCUT2D eigenvalue weighted by Gasteiger charge is -2.38. The van der Waals surface area contributed by atoms with Crippen molar-refractivity contribution in [2.75, 3.05) is 44.2 Å². The molecule has 136 valence electrons. The Morgan fingerprint density at radius 2 is 1.72 bits per heavy atom. The molecule has 2 N–H and O–H groups in total. The van der Waals surface area contributed by atoms with Crippen LogP contribution in [0.5, 0.6) is 0 Å². The zero-order chi connectivity index (χ0) is 17.8. The van der Waals surface area contributed by atoms with Crippen LogP contribution in [0.15, 0.2) is 24.3 Å². The summed E-state index contributed by atoms with van der Waals surface area (Å²) in [4.78, 5) is 30.1. The number of benzene rings is 1. The minimum Gasteiger partial charge on any atom is -0.369 e. The van der Waals surface area contributed by atoms with Crippen LogP contribution in [0.1, 0.15) is 19.3 Å². The molecule has 7 heteroatoms. The molecule has 0 bridgehead atoms. The van der Waals surface area contributed by atoms with Crippen LogP contribution >= 0.6 is 0 Å². The average molecular weight is 348 g/mol. The number of rotatable bonds is 4. The molecular formula is C18H25FN4O2. The van der Waals surface area contributed by atoms with Gasteiger partial charge in [-0.25, -0.2) is 4.39 Å². The smallest absolute Gasteiger partial charge is 0.240 e. The molecule has 1 atom stereocenters. The van der Waals surface area contributed by atoms with Gasteiger partial charge in [0.15, 0.2) is 0 Å². The molecule has 2 aliphatic heterocycles. The fourth-order valence-electron chi connectivity index (χ4n) is 3.62. The largest absolute Gasteiger partial charge is 0.369 e. The molecular weight excluding hydrogens is 323 g/mol. The van der Waals surface area contributed by atoms with Crippen molar-refractivity contribution in [1.29, 1.82) is 0 Å². The third kappa shape index (κ3) is 4.28. The summed E-state index contributed by atoms with van der Waals surface area (Å²) in [7, 11) is 0. The van der Waals surface area contributed by atoms with Crippen LogP contribution in [0.25, 0.3) is 0 Å². The van der Waals surface area contributed by atoms with Crippen LogP contribution in [0.4, 0.5) is 10.1 Å². The topological polar surface area (TPSA) is 69.9 Å². The highest BCUT2D eigenvalue weighted by molar-refractivity contribution is 5.87. The van der Waals surface area contributed by atoms with Crippen molar-refractivity contribution in [2.45, 2.75) is 25.3 Å². The summed E-state index contributed by atoms with van der Waals surface area (Å²) in [6.45, 7) is 4.04. The fourth-order valence-corrected chi connectivity index (χ4v) is 3.62. The molecule has 0 spiro atoms. The maximum Gasteiger partial charge on any atom is 0.240 e. The van der Waals surface area contributed by atoms with E-state index in [2.05, 4.69) is 9.80 Å². The SMILES string of the molecule is NC(=O)[C@@H]1CCCCN1C(=O)CN1CCN(c2ccc(F)cc2)CC1. The zero-order valence-corrected chi connectivity index (χ0v) is 14.4. The molecule has 0 aliphatic carbocycles. The average Bonchev–Trinajstić information content (AvgIpc) is 2.63. The fraction of sp³-hybridized carbons (Fsp3) is 0.556. The van der Waals surface area contributed by atoms with Gasteiger partial charge < -0.3 is 15.5 Å². The second-order valence-corrected chi connectivity index (χ2v) is 6.74. The minimum absolute atomic E-state index is 0.0151. The Labute approximate surface area is 147 Å². The van der Waals surface area contributed by atoms with Gasteiger partial charge >= 0.3 is 0 Å². The van der Waals surface area contributed by atoms with Gasteiger partial charge in [0.05, 0.1) is 6.54 Å². The molecule has 6 nitrogen and oxygen atoms in total. The van der Waals surface area contributed by atoms with Gasteiger partial charge in [-0.1, -0.05) is 0 Å². The number of nitrogens with zero attached hydrogens (tertiary/aromatic N) is 3. The van der Waals surface area contributed by atoms with Crippen molar-refractivity contribution >= 4 is 17.5 Å². The zero-order valence-electron chi connectivity index (χ0n) is 14.4. The normalized spacial score (nSPS) is 22.0. The third-order valence-electron chi connectivity index (χ3n) is 5.07. The van der Waals surface area contributed by atoms with Crippen LogP contribution < -0.4 is 10.6 Å². The number of piperazine rings is 1. The lowest BCUT2D eigenvalue weighted by molar-refractivity contribution is -0.142. The highest BCUT2D eigenvalue weighted by Crippen LogP contribution is 2.19. The first-order chi connectivity index (χ1) is 12.0. The Morgan fingerprint density at radius 1 is 1.04 bits per heavy atom.